The predicted octanol–water partition coefficient (Wildman–Crippen LogP) is 2.42. The maximum atomic E-state index is 13.0. The first kappa shape index (κ1) is 18.8. The van der Waals surface area contributed by atoms with Crippen molar-refractivity contribution in [3.63, 3.8) is 0 Å². The lowest BCUT2D eigenvalue weighted by Crippen LogP contribution is -2.56. The van der Waals surface area contributed by atoms with Crippen LogP contribution in [0.4, 0.5) is 4.39 Å². The van der Waals surface area contributed by atoms with Crippen LogP contribution in [-0.4, -0.2) is 59.9 Å². The van der Waals surface area contributed by atoms with E-state index in [2.05, 4.69) is 10.2 Å². The van der Waals surface area contributed by atoms with E-state index in [1.54, 1.807) is 4.90 Å². The fourth-order valence-electron chi connectivity index (χ4n) is 3.82. The average Bonchev–Trinajstić information content (AvgIpc) is 2.68. The minimum Gasteiger partial charge on any atom is -0.352 e. The molecular formula is C20H28FN3O2. The van der Waals surface area contributed by atoms with Gasteiger partial charge in [0.05, 0.1) is 6.04 Å². The molecule has 1 saturated heterocycles. The van der Waals surface area contributed by atoms with E-state index in [9.17, 15) is 14.0 Å². The molecule has 0 bridgehead atoms. The smallest absolute Gasteiger partial charge is 0.253 e. The number of amides is 2. The number of piperazine rings is 1. The predicted molar refractivity (Wildman–Crippen MR) is 98.4 cm³/mol. The zero-order chi connectivity index (χ0) is 18.5. The second kappa shape index (κ2) is 8.62. The summed E-state index contributed by atoms with van der Waals surface area (Å²) in [4.78, 5) is 28.9. The van der Waals surface area contributed by atoms with Gasteiger partial charge < -0.3 is 10.2 Å². The molecule has 0 aromatic heterocycles. The number of carbonyl (C=O) groups excluding carboxylic acids is 2. The van der Waals surface area contributed by atoms with Crippen molar-refractivity contribution >= 4 is 11.8 Å². The standard InChI is InChI=1S/C20H28FN3O2/c1-15(19(25)22-18-5-3-2-4-6-18)23-11-13-24(14-12-23)20(26)16-7-9-17(21)10-8-16/h7-10,15,18H,2-6,11-14H2,1H3,(H,22,25). The zero-order valence-electron chi connectivity index (χ0n) is 15.4. The Kier molecular flexibility index (Phi) is 6.25. The summed E-state index contributed by atoms with van der Waals surface area (Å²) in [6.07, 6.45) is 5.83. The van der Waals surface area contributed by atoms with Gasteiger partial charge in [0.25, 0.3) is 5.91 Å². The van der Waals surface area contributed by atoms with E-state index in [0.717, 1.165) is 12.8 Å². The van der Waals surface area contributed by atoms with Crippen molar-refractivity contribution in [2.75, 3.05) is 26.2 Å². The van der Waals surface area contributed by atoms with Crippen LogP contribution >= 0.6 is 0 Å². The molecule has 1 aromatic rings. The molecule has 1 atom stereocenters. The van der Waals surface area contributed by atoms with Gasteiger partial charge in [0, 0.05) is 37.8 Å². The van der Waals surface area contributed by atoms with Gasteiger partial charge in [-0.15, -0.1) is 0 Å². The highest BCUT2D eigenvalue weighted by Crippen LogP contribution is 2.18. The van der Waals surface area contributed by atoms with Crippen molar-refractivity contribution in [2.24, 2.45) is 0 Å². The van der Waals surface area contributed by atoms with Crippen LogP contribution in [0.15, 0.2) is 24.3 Å². The topological polar surface area (TPSA) is 52.7 Å². The van der Waals surface area contributed by atoms with Crippen molar-refractivity contribution in [1.82, 2.24) is 15.1 Å². The van der Waals surface area contributed by atoms with Gasteiger partial charge in [0.1, 0.15) is 5.82 Å². The molecule has 3 rings (SSSR count). The molecule has 1 aromatic carbocycles. The monoisotopic (exact) mass is 361 g/mol. The maximum absolute atomic E-state index is 13.0. The summed E-state index contributed by atoms with van der Waals surface area (Å²) in [5, 5.41) is 3.18. The summed E-state index contributed by atoms with van der Waals surface area (Å²) in [5.41, 5.74) is 0.503. The van der Waals surface area contributed by atoms with Gasteiger partial charge in [-0.3, -0.25) is 14.5 Å². The molecule has 2 amide bonds. The first-order valence-corrected chi connectivity index (χ1v) is 9.64. The van der Waals surface area contributed by atoms with E-state index in [1.165, 1.54) is 43.5 Å². The summed E-state index contributed by atoms with van der Waals surface area (Å²) in [6, 6.07) is 5.79. The summed E-state index contributed by atoms with van der Waals surface area (Å²) < 4.78 is 13.0. The molecule has 2 fully saturated rings. The van der Waals surface area contributed by atoms with Crippen LogP contribution in [-0.2, 0) is 4.79 Å². The third-order valence-electron chi connectivity index (χ3n) is 5.57. The Hall–Kier alpha value is -1.95. The molecule has 0 spiro atoms. The first-order valence-electron chi connectivity index (χ1n) is 9.64. The largest absolute Gasteiger partial charge is 0.352 e. The molecule has 1 heterocycles. The van der Waals surface area contributed by atoms with Crippen LogP contribution in [0.1, 0.15) is 49.4 Å². The number of rotatable bonds is 4. The highest BCUT2D eigenvalue weighted by atomic mass is 19.1. The Labute approximate surface area is 154 Å². The number of nitrogens with one attached hydrogen (secondary N) is 1. The van der Waals surface area contributed by atoms with Gasteiger partial charge in [-0.1, -0.05) is 19.3 Å². The molecular weight excluding hydrogens is 333 g/mol. The molecule has 6 heteroatoms. The van der Waals surface area contributed by atoms with Crippen LogP contribution in [0.2, 0.25) is 0 Å². The number of hydrogen-bond donors (Lipinski definition) is 1. The molecule has 0 radical (unpaired) electrons. The number of nitrogens with zero attached hydrogens (tertiary/aromatic N) is 2. The third kappa shape index (κ3) is 4.61. The van der Waals surface area contributed by atoms with Gasteiger partial charge in [0.15, 0.2) is 0 Å². The van der Waals surface area contributed by atoms with Gasteiger partial charge in [-0.05, 0) is 44.0 Å². The Morgan fingerprint density at radius 1 is 1.04 bits per heavy atom. The quantitative estimate of drug-likeness (QED) is 0.896. The molecule has 1 aliphatic carbocycles. The first-order chi connectivity index (χ1) is 12.5. The maximum Gasteiger partial charge on any atom is 0.253 e. The molecule has 1 saturated carbocycles. The van der Waals surface area contributed by atoms with Crippen LogP contribution in [0.25, 0.3) is 0 Å². The van der Waals surface area contributed by atoms with Crippen molar-refractivity contribution in [2.45, 2.75) is 51.1 Å². The number of halogens is 1. The number of hydrogen-bond acceptors (Lipinski definition) is 3. The van der Waals surface area contributed by atoms with Gasteiger partial charge in [-0.2, -0.15) is 0 Å². The van der Waals surface area contributed by atoms with E-state index in [4.69, 9.17) is 0 Å². The van der Waals surface area contributed by atoms with Crippen LogP contribution in [0.5, 0.6) is 0 Å². The highest BCUT2D eigenvalue weighted by Gasteiger charge is 2.29. The van der Waals surface area contributed by atoms with Crippen molar-refractivity contribution in [3.8, 4) is 0 Å². The van der Waals surface area contributed by atoms with Gasteiger partial charge in [0.2, 0.25) is 5.91 Å². The molecule has 5 nitrogen and oxygen atoms in total. The fourth-order valence-corrected chi connectivity index (χ4v) is 3.82. The van der Waals surface area contributed by atoms with Gasteiger partial charge in [-0.25, -0.2) is 4.39 Å². The normalized spacial score (nSPS) is 20.6. The summed E-state index contributed by atoms with van der Waals surface area (Å²) in [5.74, 6) is -0.330. The van der Waals surface area contributed by atoms with Crippen molar-refractivity contribution in [3.05, 3.63) is 35.6 Å². The van der Waals surface area contributed by atoms with Crippen LogP contribution in [0.3, 0.4) is 0 Å². The number of benzene rings is 1. The molecule has 26 heavy (non-hydrogen) atoms. The van der Waals surface area contributed by atoms with Gasteiger partial charge >= 0.3 is 0 Å². The van der Waals surface area contributed by atoms with E-state index in [-0.39, 0.29) is 23.7 Å². The fraction of sp³-hybridized carbons (Fsp3) is 0.600. The van der Waals surface area contributed by atoms with E-state index < -0.39 is 0 Å². The van der Waals surface area contributed by atoms with Crippen LogP contribution < -0.4 is 5.32 Å². The second-order valence-corrected chi connectivity index (χ2v) is 7.35. The Bertz CT molecular complexity index is 620. The zero-order valence-corrected chi connectivity index (χ0v) is 15.4. The SMILES string of the molecule is CC(C(=O)NC1CCCCC1)N1CCN(C(=O)c2ccc(F)cc2)CC1. The summed E-state index contributed by atoms with van der Waals surface area (Å²) >= 11 is 0. The Morgan fingerprint density at radius 3 is 2.27 bits per heavy atom. The van der Waals surface area contributed by atoms with Crippen molar-refractivity contribution < 1.29 is 14.0 Å². The van der Waals surface area contributed by atoms with E-state index >= 15 is 0 Å². The molecule has 1 N–H and O–H groups in total. The highest BCUT2D eigenvalue weighted by molar-refractivity contribution is 5.94. The lowest BCUT2D eigenvalue weighted by molar-refractivity contribution is -0.127. The average molecular weight is 361 g/mol. The lowest BCUT2D eigenvalue weighted by Gasteiger charge is -2.38. The molecule has 1 aliphatic heterocycles. The number of carbonyl (C=O) groups is 2. The Balaban J connectivity index is 1.48. The molecule has 2 aliphatic rings. The van der Waals surface area contributed by atoms with Crippen LogP contribution in [0, 0.1) is 5.82 Å². The third-order valence-corrected chi connectivity index (χ3v) is 5.57. The minimum absolute atomic E-state index is 0.0797. The summed E-state index contributed by atoms with van der Waals surface area (Å²) in [7, 11) is 0. The Morgan fingerprint density at radius 2 is 1.65 bits per heavy atom. The minimum atomic E-state index is -0.343. The summed E-state index contributed by atoms with van der Waals surface area (Å²) in [6.45, 7) is 4.45. The lowest BCUT2D eigenvalue weighted by atomic mass is 9.95. The van der Waals surface area contributed by atoms with Crippen molar-refractivity contribution in [1.29, 1.82) is 0 Å². The van der Waals surface area contributed by atoms with E-state index in [0.29, 0.717) is 37.8 Å². The van der Waals surface area contributed by atoms with E-state index in [1.807, 2.05) is 6.92 Å². The molecule has 1 unspecified atom stereocenters. The molecule has 142 valence electrons. The second-order valence-electron chi connectivity index (χ2n) is 7.35.